The van der Waals surface area contributed by atoms with E-state index in [9.17, 15) is 18.3 Å². The predicted octanol–water partition coefficient (Wildman–Crippen LogP) is 6.02. The molecule has 0 unspecified atom stereocenters. The Hall–Kier alpha value is -2.55. The normalized spacial score (nSPS) is 32.8. The molecule has 9 heteroatoms. The lowest BCUT2D eigenvalue weighted by atomic mass is 9.68. The van der Waals surface area contributed by atoms with Gasteiger partial charge in [-0.2, -0.15) is 0 Å². The quantitative estimate of drug-likeness (QED) is 0.396. The highest BCUT2D eigenvalue weighted by Gasteiger charge is 2.44. The van der Waals surface area contributed by atoms with Crippen molar-refractivity contribution >= 4 is 33.2 Å². The Kier molecular flexibility index (Phi) is 8.57. The fourth-order valence-corrected chi connectivity index (χ4v) is 9.82. The number of aryl methyl sites for hydroxylation is 1. The van der Waals surface area contributed by atoms with Crippen LogP contribution in [0, 0.1) is 17.8 Å². The molecular formula is C34H43ClN2O5S. The summed E-state index contributed by atoms with van der Waals surface area (Å²) in [5.41, 5.74) is 3.35. The van der Waals surface area contributed by atoms with E-state index in [0.717, 1.165) is 49.4 Å². The molecule has 43 heavy (non-hydrogen) atoms. The number of hydrogen-bond acceptors (Lipinski definition) is 6. The zero-order chi connectivity index (χ0) is 30.4. The van der Waals surface area contributed by atoms with Crippen LogP contribution in [0.1, 0.15) is 80.3 Å². The summed E-state index contributed by atoms with van der Waals surface area (Å²) in [6, 6.07) is 11.4. The molecule has 6 rings (SSSR count). The number of halogens is 1. The topological polar surface area (TPSA) is 95.9 Å². The highest BCUT2D eigenvalue weighted by molar-refractivity contribution is 7.90. The molecule has 2 aliphatic carbocycles. The summed E-state index contributed by atoms with van der Waals surface area (Å²) >= 11 is 6.39. The van der Waals surface area contributed by atoms with E-state index in [1.54, 1.807) is 18.2 Å². The molecule has 1 spiro atoms. The Labute approximate surface area is 260 Å². The van der Waals surface area contributed by atoms with Crippen molar-refractivity contribution < 1.29 is 23.1 Å². The molecule has 2 aliphatic heterocycles. The number of nitrogens with one attached hydrogen (secondary N) is 1. The van der Waals surface area contributed by atoms with Gasteiger partial charge < -0.3 is 14.7 Å². The molecule has 7 nitrogen and oxygen atoms in total. The Morgan fingerprint density at radius 3 is 2.79 bits per heavy atom. The first-order chi connectivity index (χ1) is 20.6. The highest BCUT2D eigenvalue weighted by atomic mass is 35.5. The van der Waals surface area contributed by atoms with Gasteiger partial charge >= 0.3 is 0 Å². The van der Waals surface area contributed by atoms with Gasteiger partial charge in [-0.3, -0.25) is 4.79 Å². The number of amides is 1. The van der Waals surface area contributed by atoms with E-state index in [1.165, 1.54) is 11.1 Å². The van der Waals surface area contributed by atoms with Gasteiger partial charge in [0.15, 0.2) is 0 Å². The summed E-state index contributed by atoms with van der Waals surface area (Å²) < 4.78 is 36.0. The van der Waals surface area contributed by atoms with Gasteiger partial charge in [-0.25, -0.2) is 13.1 Å². The lowest BCUT2D eigenvalue weighted by Crippen LogP contribution is -2.49. The van der Waals surface area contributed by atoms with Crippen LogP contribution in [0.2, 0.25) is 5.02 Å². The molecule has 1 fully saturated rings. The maximum atomic E-state index is 13.5. The fraction of sp³-hybridized carbons (Fsp3) is 0.559. The Bertz CT molecular complexity index is 1510. The minimum Gasteiger partial charge on any atom is -0.490 e. The van der Waals surface area contributed by atoms with Crippen LogP contribution in [0.4, 0.5) is 5.69 Å². The van der Waals surface area contributed by atoms with Crippen LogP contribution in [-0.2, 0) is 21.9 Å². The maximum absolute atomic E-state index is 13.5. The average molecular weight is 627 g/mol. The predicted molar refractivity (Wildman–Crippen MR) is 170 cm³/mol. The molecule has 0 aromatic heterocycles. The number of aliphatic hydroxyl groups is 1. The third-order valence-corrected chi connectivity index (χ3v) is 12.6. The second-order valence-electron chi connectivity index (χ2n) is 13.2. The van der Waals surface area contributed by atoms with Crippen molar-refractivity contribution in [1.82, 2.24) is 4.72 Å². The zero-order valence-electron chi connectivity index (χ0n) is 25.1. The van der Waals surface area contributed by atoms with E-state index in [4.69, 9.17) is 16.3 Å². The van der Waals surface area contributed by atoms with Gasteiger partial charge in [0, 0.05) is 29.1 Å². The van der Waals surface area contributed by atoms with Gasteiger partial charge in [-0.1, -0.05) is 50.1 Å². The van der Waals surface area contributed by atoms with Gasteiger partial charge in [-0.15, -0.1) is 0 Å². The number of carbonyl (C=O) groups excluding carboxylic acids is 1. The number of hydrogen-bond donors (Lipinski definition) is 2. The molecule has 2 N–H and O–H groups in total. The van der Waals surface area contributed by atoms with E-state index in [2.05, 4.69) is 21.8 Å². The van der Waals surface area contributed by atoms with Crippen molar-refractivity contribution in [1.29, 1.82) is 0 Å². The number of benzene rings is 2. The van der Waals surface area contributed by atoms with E-state index in [1.807, 2.05) is 32.1 Å². The van der Waals surface area contributed by atoms with E-state index in [0.29, 0.717) is 43.7 Å². The third-order valence-electron chi connectivity index (χ3n) is 10.4. The molecule has 2 bridgehead atoms. The van der Waals surface area contributed by atoms with Crippen molar-refractivity contribution in [2.45, 2.75) is 82.0 Å². The number of carbonyl (C=O) groups is 1. The van der Waals surface area contributed by atoms with Crippen molar-refractivity contribution in [2.75, 3.05) is 24.6 Å². The number of rotatable bonds is 2. The van der Waals surface area contributed by atoms with Gasteiger partial charge in [0.05, 0.1) is 23.6 Å². The van der Waals surface area contributed by atoms with Crippen LogP contribution in [0.5, 0.6) is 5.75 Å². The van der Waals surface area contributed by atoms with Crippen LogP contribution in [0.25, 0.3) is 0 Å². The molecule has 6 atom stereocenters. The maximum Gasteiger partial charge on any atom is 0.264 e. The Morgan fingerprint density at radius 1 is 1.19 bits per heavy atom. The van der Waals surface area contributed by atoms with Crippen molar-refractivity contribution in [3.63, 3.8) is 0 Å². The molecule has 2 aromatic carbocycles. The second-order valence-corrected chi connectivity index (χ2v) is 15.6. The summed E-state index contributed by atoms with van der Waals surface area (Å²) in [6.45, 7) is 5.77. The van der Waals surface area contributed by atoms with Gasteiger partial charge in [-0.05, 0) is 104 Å². The second kappa shape index (κ2) is 12.1. The van der Waals surface area contributed by atoms with Crippen LogP contribution >= 0.6 is 11.6 Å². The fourth-order valence-electron chi connectivity index (χ4n) is 7.83. The molecule has 2 heterocycles. The number of anilines is 1. The number of allylic oxidation sites excluding steroid dienone is 1. The number of aliphatic hydroxyl groups excluding tert-OH is 1. The van der Waals surface area contributed by atoms with Gasteiger partial charge in [0.2, 0.25) is 10.0 Å². The monoisotopic (exact) mass is 626 g/mol. The minimum atomic E-state index is -3.93. The lowest BCUT2D eigenvalue weighted by molar-refractivity contribution is 0.0455. The van der Waals surface area contributed by atoms with Crippen molar-refractivity contribution in [2.24, 2.45) is 17.8 Å². The first kappa shape index (κ1) is 30.5. The number of nitrogens with zero attached hydrogens (tertiary/aromatic N) is 1. The summed E-state index contributed by atoms with van der Waals surface area (Å²) in [5, 5.41) is 11.2. The van der Waals surface area contributed by atoms with Crippen molar-refractivity contribution in [3.05, 3.63) is 70.3 Å². The number of fused-ring (bicyclic) bond motifs is 4. The molecule has 0 radical (unpaired) electrons. The Balaban J connectivity index is 1.42. The first-order valence-electron chi connectivity index (χ1n) is 15.8. The molecule has 1 saturated carbocycles. The summed E-state index contributed by atoms with van der Waals surface area (Å²) in [5.74, 6) is 0.271. The molecule has 4 aliphatic rings. The molecule has 2 aromatic rings. The zero-order valence-corrected chi connectivity index (χ0v) is 26.7. The smallest absolute Gasteiger partial charge is 0.264 e. The van der Waals surface area contributed by atoms with Crippen LogP contribution < -0.4 is 14.4 Å². The van der Waals surface area contributed by atoms with E-state index in [-0.39, 0.29) is 23.2 Å². The number of ether oxygens (including phenoxy) is 1. The first-order valence-corrected chi connectivity index (χ1v) is 17.7. The lowest BCUT2D eigenvalue weighted by Gasteiger charge is -2.45. The van der Waals surface area contributed by atoms with Crippen molar-refractivity contribution in [3.8, 4) is 5.75 Å². The largest absolute Gasteiger partial charge is 0.490 e. The average Bonchev–Trinajstić information content (AvgIpc) is 3.10. The SMILES string of the molecule is CCC[C@H]1[C@@H](C)C/C=C\[C@@H](O)[C@@H]2CC[C@H]2CN2C[C@@]3(CCCc4cc(Cl)ccc43)COc3ccc(cc32)C(=O)NS1(=O)=O. The van der Waals surface area contributed by atoms with Crippen LogP contribution in [-0.4, -0.2) is 50.5 Å². The van der Waals surface area contributed by atoms with E-state index < -0.39 is 27.3 Å². The molecule has 1 amide bonds. The summed E-state index contributed by atoms with van der Waals surface area (Å²) in [7, 11) is -3.93. The minimum absolute atomic E-state index is 0.127. The van der Waals surface area contributed by atoms with E-state index >= 15 is 0 Å². The molecular weight excluding hydrogens is 584 g/mol. The molecule has 232 valence electrons. The summed E-state index contributed by atoms with van der Waals surface area (Å²) in [4.78, 5) is 15.8. The highest BCUT2D eigenvalue weighted by Crippen LogP contribution is 2.46. The standard InChI is InChI=1S/C34H43ClN2O5S/c1-3-6-32-22(2)7-4-9-30(38)27-13-10-25(27)19-37-20-34(16-5-8-23-17-26(35)12-14-28(23)34)21-42-31-15-11-24(18-29(31)37)33(39)36-43(32,40)41/h4,9,11-12,14-15,17-18,22,25,27,30,32,38H,3,5-8,10,13,16,19-21H2,1-2H3,(H,36,39)/b9-4-/t22-,25-,27+,30+,32-,34-/m0/s1. The Morgan fingerprint density at radius 2 is 2.02 bits per heavy atom. The van der Waals surface area contributed by atoms with Crippen LogP contribution in [0.15, 0.2) is 48.6 Å². The number of sulfonamides is 1. The third kappa shape index (κ3) is 5.95. The van der Waals surface area contributed by atoms with Gasteiger partial charge in [0.1, 0.15) is 5.75 Å². The van der Waals surface area contributed by atoms with Gasteiger partial charge in [0.25, 0.3) is 5.91 Å². The van der Waals surface area contributed by atoms with Crippen LogP contribution in [0.3, 0.4) is 0 Å². The summed E-state index contributed by atoms with van der Waals surface area (Å²) in [6.07, 6.45) is 9.79. The molecule has 0 saturated heterocycles.